The standard InChI is InChI=1S/C19H28N6O2S/c1-4-11-24(19(28)21-10-12-23(2)3)15-16(20)25(18(27)22-17(15)26)13-14-8-6-5-7-9-14/h5-9H,4,10-13,20H2,1-3H3,(H,21,28)(H,22,26,27)/p+1. The van der Waals surface area contributed by atoms with Gasteiger partial charge < -0.3 is 20.9 Å². The molecule has 0 spiro atoms. The summed E-state index contributed by atoms with van der Waals surface area (Å²) >= 11 is 5.51. The monoisotopic (exact) mass is 405 g/mol. The Morgan fingerprint density at radius 3 is 2.57 bits per heavy atom. The van der Waals surface area contributed by atoms with Crippen LogP contribution in [0.25, 0.3) is 0 Å². The van der Waals surface area contributed by atoms with Crippen LogP contribution < -0.4 is 32.1 Å². The van der Waals surface area contributed by atoms with Crippen LogP contribution in [0.2, 0.25) is 0 Å². The van der Waals surface area contributed by atoms with Gasteiger partial charge in [-0.05, 0) is 24.2 Å². The molecule has 0 aliphatic rings. The summed E-state index contributed by atoms with van der Waals surface area (Å²) in [6.07, 6.45) is 0.761. The summed E-state index contributed by atoms with van der Waals surface area (Å²) in [6.45, 7) is 4.31. The molecule has 0 bridgehead atoms. The predicted octanol–water partition coefficient (Wildman–Crippen LogP) is -0.597. The van der Waals surface area contributed by atoms with Crippen molar-refractivity contribution in [2.75, 3.05) is 44.4 Å². The Balaban J connectivity index is 2.40. The number of nitrogens with one attached hydrogen (secondary N) is 3. The number of nitrogens with two attached hydrogens (primary N) is 1. The molecule has 0 aliphatic carbocycles. The molecule has 1 aromatic carbocycles. The van der Waals surface area contributed by atoms with Crippen molar-refractivity contribution in [2.24, 2.45) is 0 Å². The Hall–Kier alpha value is -2.65. The van der Waals surface area contributed by atoms with Crippen LogP contribution in [0.15, 0.2) is 39.9 Å². The minimum Gasteiger partial charge on any atom is -0.383 e. The van der Waals surface area contributed by atoms with Gasteiger partial charge in [0.1, 0.15) is 5.82 Å². The van der Waals surface area contributed by atoms with Crippen LogP contribution in [0, 0.1) is 0 Å². The van der Waals surface area contributed by atoms with Crippen LogP contribution in [0.4, 0.5) is 11.5 Å². The zero-order chi connectivity index (χ0) is 20.7. The molecule has 1 aromatic heterocycles. The maximum atomic E-state index is 12.6. The van der Waals surface area contributed by atoms with E-state index in [1.165, 1.54) is 9.47 Å². The van der Waals surface area contributed by atoms with E-state index in [0.717, 1.165) is 18.5 Å². The summed E-state index contributed by atoms with van der Waals surface area (Å²) in [6, 6.07) is 9.47. The summed E-state index contributed by atoms with van der Waals surface area (Å²) in [4.78, 5) is 30.3. The number of aromatic nitrogens is 2. The van der Waals surface area contributed by atoms with Gasteiger partial charge in [0.15, 0.2) is 10.8 Å². The van der Waals surface area contributed by atoms with Crippen molar-refractivity contribution in [2.45, 2.75) is 19.9 Å². The van der Waals surface area contributed by atoms with Gasteiger partial charge in [-0.3, -0.25) is 14.3 Å². The third kappa shape index (κ3) is 5.43. The Kier molecular flexibility index (Phi) is 7.77. The van der Waals surface area contributed by atoms with Crippen molar-refractivity contribution in [3.05, 3.63) is 56.7 Å². The highest BCUT2D eigenvalue weighted by molar-refractivity contribution is 7.80. The van der Waals surface area contributed by atoms with Crippen molar-refractivity contribution >= 4 is 28.8 Å². The first-order chi connectivity index (χ1) is 13.3. The van der Waals surface area contributed by atoms with Crippen LogP contribution in [-0.2, 0) is 6.54 Å². The van der Waals surface area contributed by atoms with Gasteiger partial charge in [-0.15, -0.1) is 0 Å². The van der Waals surface area contributed by atoms with E-state index in [2.05, 4.69) is 24.4 Å². The lowest BCUT2D eigenvalue weighted by molar-refractivity contribution is -0.856. The van der Waals surface area contributed by atoms with Gasteiger partial charge in [-0.25, -0.2) is 4.79 Å². The van der Waals surface area contributed by atoms with Crippen molar-refractivity contribution < 1.29 is 4.90 Å². The number of anilines is 2. The second-order valence-corrected chi connectivity index (χ2v) is 7.29. The molecule has 2 aromatic rings. The Labute approximate surface area is 170 Å². The average molecular weight is 406 g/mol. The molecule has 0 radical (unpaired) electrons. The summed E-state index contributed by atoms with van der Waals surface area (Å²) in [5.41, 5.74) is 6.32. The molecule has 0 unspecified atom stereocenters. The second kappa shape index (κ2) is 10.0. The highest BCUT2D eigenvalue weighted by Crippen LogP contribution is 2.18. The van der Waals surface area contributed by atoms with Gasteiger partial charge in [0, 0.05) is 6.54 Å². The lowest BCUT2D eigenvalue weighted by atomic mass is 10.2. The molecule has 152 valence electrons. The molecule has 9 heteroatoms. The first-order valence-corrected chi connectivity index (χ1v) is 9.76. The Morgan fingerprint density at radius 1 is 1.29 bits per heavy atom. The van der Waals surface area contributed by atoms with Crippen LogP contribution in [0.3, 0.4) is 0 Å². The third-order valence-corrected chi connectivity index (χ3v) is 4.63. The number of thiocarbonyl (C=S) groups is 1. The van der Waals surface area contributed by atoms with Gasteiger partial charge >= 0.3 is 5.69 Å². The van der Waals surface area contributed by atoms with E-state index < -0.39 is 11.2 Å². The number of quaternary nitrogens is 1. The smallest absolute Gasteiger partial charge is 0.330 e. The largest absolute Gasteiger partial charge is 0.383 e. The molecule has 0 saturated carbocycles. The fourth-order valence-electron chi connectivity index (χ4n) is 2.81. The van der Waals surface area contributed by atoms with Gasteiger partial charge in [0.2, 0.25) is 0 Å². The van der Waals surface area contributed by atoms with E-state index in [1.807, 2.05) is 37.3 Å². The van der Waals surface area contributed by atoms with E-state index >= 15 is 0 Å². The minimum absolute atomic E-state index is 0.105. The van der Waals surface area contributed by atoms with Crippen molar-refractivity contribution in [1.82, 2.24) is 14.9 Å². The molecule has 28 heavy (non-hydrogen) atoms. The van der Waals surface area contributed by atoms with Crippen molar-refractivity contribution in [3.8, 4) is 0 Å². The molecular weight excluding hydrogens is 376 g/mol. The summed E-state index contributed by atoms with van der Waals surface area (Å²) in [7, 11) is 4.10. The lowest BCUT2D eigenvalue weighted by Gasteiger charge is -2.26. The maximum Gasteiger partial charge on any atom is 0.330 e. The number of aromatic amines is 1. The van der Waals surface area contributed by atoms with Gasteiger partial charge in [-0.2, -0.15) is 0 Å². The van der Waals surface area contributed by atoms with E-state index in [4.69, 9.17) is 18.0 Å². The second-order valence-electron chi connectivity index (χ2n) is 6.91. The average Bonchev–Trinajstić information content (AvgIpc) is 2.64. The molecule has 2 rings (SSSR count). The van der Waals surface area contributed by atoms with Gasteiger partial charge in [0.25, 0.3) is 5.56 Å². The zero-order valence-electron chi connectivity index (χ0n) is 16.6. The molecule has 5 N–H and O–H groups in total. The molecule has 1 heterocycles. The third-order valence-electron chi connectivity index (χ3n) is 4.26. The molecular formula is C19H29N6O2S+. The number of rotatable bonds is 8. The normalized spacial score (nSPS) is 10.9. The number of likely N-dealkylation sites (N-methyl/N-ethyl adjacent to an activating group) is 1. The van der Waals surface area contributed by atoms with Crippen LogP contribution in [0.5, 0.6) is 0 Å². The highest BCUT2D eigenvalue weighted by Gasteiger charge is 2.21. The fraction of sp³-hybridized carbons (Fsp3) is 0.421. The summed E-state index contributed by atoms with van der Waals surface area (Å²) in [5, 5.41) is 3.60. The first kappa shape index (κ1) is 21.6. The summed E-state index contributed by atoms with van der Waals surface area (Å²) < 4.78 is 1.36. The number of benzene rings is 1. The first-order valence-electron chi connectivity index (χ1n) is 9.36. The fourth-order valence-corrected chi connectivity index (χ4v) is 3.10. The number of hydrogen-bond acceptors (Lipinski definition) is 4. The number of nitrogen functional groups attached to an aromatic ring is 1. The predicted molar refractivity (Wildman–Crippen MR) is 117 cm³/mol. The molecule has 0 aliphatic heterocycles. The number of H-pyrrole nitrogens is 1. The minimum atomic E-state index is -0.540. The van der Waals surface area contributed by atoms with E-state index in [0.29, 0.717) is 18.2 Å². The lowest BCUT2D eigenvalue weighted by Crippen LogP contribution is -3.06. The SMILES string of the molecule is CCCN(C(=S)NCC[NH+](C)C)c1c(N)n(Cc2ccccc2)c(=O)[nH]c1=O. The Morgan fingerprint density at radius 2 is 1.96 bits per heavy atom. The van der Waals surface area contributed by atoms with Crippen molar-refractivity contribution in [3.63, 3.8) is 0 Å². The van der Waals surface area contributed by atoms with Crippen LogP contribution in [-0.4, -0.2) is 48.4 Å². The molecule has 8 nitrogen and oxygen atoms in total. The molecule has 0 fully saturated rings. The maximum absolute atomic E-state index is 12.6. The van der Waals surface area contributed by atoms with Crippen LogP contribution >= 0.6 is 12.2 Å². The van der Waals surface area contributed by atoms with E-state index in [-0.39, 0.29) is 18.1 Å². The number of hydrogen-bond donors (Lipinski definition) is 4. The Bertz CT molecular complexity index is 907. The quantitative estimate of drug-likeness (QED) is 0.438. The molecule has 0 amide bonds. The topological polar surface area (TPSA) is 101 Å². The molecule has 0 saturated heterocycles. The molecule has 0 atom stereocenters. The van der Waals surface area contributed by atoms with Crippen molar-refractivity contribution in [1.29, 1.82) is 0 Å². The summed E-state index contributed by atoms with van der Waals surface area (Å²) in [5.74, 6) is 0.105. The zero-order valence-corrected chi connectivity index (χ0v) is 17.4. The van der Waals surface area contributed by atoms with Crippen LogP contribution in [0.1, 0.15) is 18.9 Å². The van der Waals surface area contributed by atoms with E-state index in [1.54, 1.807) is 4.90 Å². The number of nitrogens with zero attached hydrogens (tertiary/aromatic N) is 2. The van der Waals surface area contributed by atoms with Gasteiger partial charge in [0.05, 0.1) is 33.7 Å². The highest BCUT2D eigenvalue weighted by atomic mass is 32.1. The van der Waals surface area contributed by atoms with E-state index in [9.17, 15) is 9.59 Å². The van der Waals surface area contributed by atoms with Gasteiger partial charge in [-0.1, -0.05) is 37.3 Å².